The van der Waals surface area contributed by atoms with Gasteiger partial charge < -0.3 is 10.6 Å². The zero-order valence-corrected chi connectivity index (χ0v) is 17.5. The first-order valence-corrected chi connectivity index (χ1v) is 11.1. The number of sulfone groups is 1. The molecule has 0 radical (unpaired) electrons. The van der Waals surface area contributed by atoms with E-state index in [1.54, 1.807) is 24.3 Å². The summed E-state index contributed by atoms with van der Waals surface area (Å²) < 4.78 is 23.1. The Kier molecular flexibility index (Phi) is 7.21. The number of carbonyl (C=O) groups excluding carboxylic acids is 2. The third-order valence-electron chi connectivity index (χ3n) is 4.29. The number of halogens is 1. The summed E-state index contributed by atoms with van der Waals surface area (Å²) >= 11 is 6.04. The fraction of sp³-hybridized carbons (Fsp3) is 0.300. The number of benzene rings is 2. The smallest absolute Gasteiger partial charge is 0.253 e. The molecule has 2 aromatic carbocycles. The Morgan fingerprint density at radius 3 is 2.36 bits per heavy atom. The van der Waals surface area contributed by atoms with Gasteiger partial charge in [-0.1, -0.05) is 29.8 Å². The maximum absolute atomic E-state index is 12.7. The molecular formula is C20H23ClN2O4S. The molecule has 0 aliphatic heterocycles. The lowest BCUT2D eigenvalue weighted by Crippen LogP contribution is -2.44. The average Bonchev–Trinajstić information content (AvgIpc) is 2.61. The number of amides is 2. The van der Waals surface area contributed by atoms with Gasteiger partial charge in [-0.3, -0.25) is 9.59 Å². The molecule has 0 aliphatic rings. The van der Waals surface area contributed by atoms with E-state index in [4.69, 9.17) is 11.6 Å². The first kappa shape index (κ1) is 21.9. The minimum Gasteiger partial charge on any atom is -0.340 e. The van der Waals surface area contributed by atoms with Crippen LogP contribution in [0, 0.1) is 13.8 Å². The van der Waals surface area contributed by atoms with Crippen LogP contribution in [0.5, 0.6) is 0 Å². The van der Waals surface area contributed by atoms with Gasteiger partial charge in [-0.25, -0.2) is 8.42 Å². The van der Waals surface area contributed by atoms with Crippen molar-refractivity contribution in [3.63, 3.8) is 0 Å². The molecule has 0 aromatic heterocycles. The predicted octanol–water partition coefficient (Wildman–Crippen LogP) is 3.13. The molecule has 150 valence electrons. The van der Waals surface area contributed by atoms with Crippen LogP contribution in [0.4, 0.5) is 5.69 Å². The van der Waals surface area contributed by atoms with Crippen LogP contribution >= 0.6 is 11.6 Å². The van der Waals surface area contributed by atoms with Crippen LogP contribution in [-0.2, 0) is 14.6 Å². The van der Waals surface area contributed by atoms with E-state index in [0.29, 0.717) is 5.69 Å². The number of hydrogen-bond donors (Lipinski definition) is 2. The molecule has 2 rings (SSSR count). The first-order chi connectivity index (χ1) is 13.1. The molecule has 0 heterocycles. The van der Waals surface area contributed by atoms with Crippen molar-refractivity contribution in [2.45, 2.75) is 26.3 Å². The van der Waals surface area contributed by atoms with Gasteiger partial charge in [0.25, 0.3) is 5.91 Å². The summed E-state index contributed by atoms with van der Waals surface area (Å²) in [7, 11) is -3.30. The summed E-state index contributed by atoms with van der Waals surface area (Å²) in [5.74, 6) is -1.27. The quantitative estimate of drug-likeness (QED) is 0.716. The Labute approximate surface area is 170 Å². The van der Waals surface area contributed by atoms with Crippen LogP contribution in [0.15, 0.2) is 42.5 Å². The Bertz CT molecular complexity index is 989. The van der Waals surface area contributed by atoms with Gasteiger partial charge in [0.05, 0.1) is 16.3 Å². The van der Waals surface area contributed by atoms with Crippen LogP contribution in [0.1, 0.15) is 27.9 Å². The summed E-state index contributed by atoms with van der Waals surface area (Å²) in [5, 5.41) is 5.58. The number of carbonyl (C=O) groups is 2. The largest absolute Gasteiger partial charge is 0.340 e. The molecule has 2 amide bonds. The van der Waals surface area contributed by atoms with Gasteiger partial charge in [0.15, 0.2) is 0 Å². The van der Waals surface area contributed by atoms with Gasteiger partial charge in [0, 0.05) is 11.9 Å². The van der Waals surface area contributed by atoms with Gasteiger partial charge in [-0.05, 0) is 55.7 Å². The second-order valence-electron chi connectivity index (χ2n) is 6.71. The lowest BCUT2D eigenvalue weighted by molar-refractivity contribution is -0.118. The van der Waals surface area contributed by atoms with Crippen molar-refractivity contribution in [3.8, 4) is 0 Å². The van der Waals surface area contributed by atoms with E-state index in [9.17, 15) is 18.0 Å². The van der Waals surface area contributed by atoms with Crippen molar-refractivity contribution in [1.82, 2.24) is 5.32 Å². The Hall–Kier alpha value is -2.38. The average molecular weight is 423 g/mol. The van der Waals surface area contributed by atoms with Crippen LogP contribution in [0.25, 0.3) is 0 Å². The number of rotatable bonds is 7. The van der Waals surface area contributed by atoms with E-state index in [2.05, 4.69) is 10.6 Å². The molecule has 0 saturated carbocycles. The Balaban J connectivity index is 2.20. The summed E-state index contributed by atoms with van der Waals surface area (Å²) in [6.07, 6.45) is 1.03. The van der Waals surface area contributed by atoms with E-state index in [-0.39, 0.29) is 22.8 Å². The molecule has 0 spiro atoms. The van der Waals surface area contributed by atoms with Gasteiger partial charge >= 0.3 is 0 Å². The molecule has 0 saturated heterocycles. The van der Waals surface area contributed by atoms with Gasteiger partial charge in [-0.2, -0.15) is 0 Å². The molecule has 0 bridgehead atoms. The second kappa shape index (κ2) is 9.21. The summed E-state index contributed by atoms with van der Waals surface area (Å²) in [6.45, 7) is 3.88. The number of anilines is 1. The molecule has 0 aliphatic carbocycles. The highest BCUT2D eigenvalue weighted by Crippen LogP contribution is 2.17. The zero-order valence-electron chi connectivity index (χ0n) is 16.0. The Morgan fingerprint density at radius 1 is 1.07 bits per heavy atom. The number of hydrogen-bond acceptors (Lipinski definition) is 4. The van der Waals surface area contributed by atoms with Gasteiger partial charge in [0.1, 0.15) is 15.9 Å². The third-order valence-corrected chi connectivity index (χ3v) is 5.60. The topological polar surface area (TPSA) is 92.3 Å². The van der Waals surface area contributed by atoms with Crippen LogP contribution in [0.2, 0.25) is 5.02 Å². The highest BCUT2D eigenvalue weighted by molar-refractivity contribution is 7.90. The molecule has 8 heteroatoms. The molecule has 1 atom stereocenters. The van der Waals surface area contributed by atoms with Gasteiger partial charge in [-0.15, -0.1) is 0 Å². The fourth-order valence-electron chi connectivity index (χ4n) is 2.53. The maximum Gasteiger partial charge on any atom is 0.253 e. The summed E-state index contributed by atoms with van der Waals surface area (Å²) in [6, 6.07) is 10.9. The van der Waals surface area contributed by atoms with E-state index >= 15 is 0 Å². The molecule has 2 N–H and O–H groups in total. The molecular weight excluding hydrogens is 400 g/mol. The fourth-order valence-corrected chi connectivity index (χ4v) is 3.42. The van der Waals surface area contributed by atoms with Crippen molar-refractivity contribution in [1.29, 1.82) is 0 Å². The molecule has 28 heavy (non-hydrogen) atoms. The lowest BCUT2D eigenvalue weighted by atomic mass is 10.1. The van der Waals surface area contributed by atoms with Crippen molar-refractivity contribution < 1.29 is 18.0 Å². The predicted molar refractivity (Wildman–Crippen MR) is 112 cm³/mol. The van der Waals surface area contributed by atoms with E-state index in [1.165, 1.54) is 6.07 Å². The SMILES string of the molecule is Cc1ccc(NC(=O)[C@H](CCS(C)(=O)=O)NC(=O)c2ccccc2Cl)cc1C. The van der Waals surface area contributed by atoms with Crippen molar-refractivity contribution in [2.24, 2.45) is 0 Å². The van der Waals surface area contributed by atoms with Crippen LogP contribution < -0.4 is 10.6 Å². The summed E-state index contributed by atoms with van der Waals surface area (Å²) in [4.78, 5) is 25.3. The number of aryl methyl sites for hydroxylation is 2. The third kappa shape index (κ3) is 6.35. The Morgan fingerprint density at radius 2 is 1.75 bits per heavy atom. The maximum atomic E-state index is 12.7. The van der Waals surface area contributed by atoms with E-state index in [1.807, 2.05) is 26.0 Å². The molecule has 0 fully saturated rings. The number of nitrogens with one attached hydrogen (secondary N) is 2. The van der Waals surface area contributed by atoms with Crippen molar-refractivity contribution in [2.75, 3.05) is 17.3 Å². The highest BCUT2D eigenvalue weighted by Gasteiger charge is 2.24. The standard InChI is InChI=1S/C20H23ClN2O4S/c1-13-8-9-15(12-14(13)2)22-20(25)18(10-11-28(3,26)27)23-19(24)16-6-4-5-7-17(16)21/h4-9,12,18H,10-11H2,1-3H3,(H,22,25)(H,23,24)/t18-/m0/s1. The second-order valence-corrected chi connectivity index (χ2v) is 9.38. The van der Waals surface area contributed by atoms with Crippen molar-refractivity contribution in [3.05, 3.63) is 64.2 Å². The minimum atomic E-state index is -3.30. The van der Waals surface area contributed by atoms with E-state index in [0.717, 1.165) is 17.4 Å². The van der Waals surface area contributed by atoms with Crippen LogP contribution in [-0.4, -0.2) is 38.3 Å². The summed E-state index contributed by atoms with van der Waals surface area (Å²) in [5.41, 5.74) is 2.88. The monoisotopic (exact) mass is 422 g/mol. The zero-order chi connectivity index (χ0) is 20.9. The normalized spacial score (nSPS) is 12.3. The van der Waals surface area contributed by atoms with Crippen LogP contribution in [0.3, 0.4) is 0 Å². The first-order valence-electron chi connectivity index (χ1n) is 8.68. The van der Waals surface area contributed by atoms with Gasteiger partial charge in [0.2, 0.25) is 5.91 Å². The van der Waals surface area contributed by atoms with E-state index < -0.39 is 27.7 Å². The molecule has 2 aromatic rings. The van der Waals surface area contributed by atoms with Crippen molar-refractivity contribution >= 4 is 38.9 Å². The lowest BCUT2D eigenvalue weighted by Gasteiger charge is -2.19. The minimum absolute atomic E-state index is 0.0499. The molecule has 0 unspecified atom stereocenters. The molecule has 6 nitrogen and oxygen atoms in total. The highest BCUT2D eigenvalue weighted by atomic mass is 35.5.